The lowest BCUT2D eigenvalue weighted by Crippen LogP contribution is -2.50. The molecule has 0 radical (unpaired) electrons. The van der Waals surface area contributed by atoms with Crippen LogP contribution >= 0.6 is 0 Å². The van der Waals surface area contributed by atoms with E-state index in [0.29, 0.717) is 48.8 Å². The lowest BCUT2D eigenvalue weighted by molar-refractivity contribution is -0.130. The number of halogens is 1. The van der Waals surface area contributed by atoms with Gasteiger partial charge in [-0.25, -0.2) is 14.4 Å². The molecule has 1 saturated carbocycles. The van der Waals surface area contributed by atoms with E-state index in [1.807, 2.05) is 17.0 Å². The highest BCUT2D eigenvalue weighted by molar-refractivity contribution is 5.96. The zero-order valence-corrected chi connectivity index (χ0v) is 19.6. The fourth-order valence-electron chi connectivity index (χ4n) is 5.27. The van der Waals surface area contributed by atoms with Crippen molar-refractivity contribution in [3.63, 3.8) is 0 Å². The first-order valence-electron chi connectivity index (χ1n) is 12.0. The average Bonchev–Trinajstić information content (AvgIpc) is 3.60. The number of amides is 2. The van der Waals surface area contributed by atoms with Gasteiger partial charge in [0.05, 0.1) is 0 Å². The molecule has 3 heterocycles. The molecule has 3 aliphatic rings. The topological polar surface area (TPSA) is 69.6 Å². The minimum atomic E-state index is -0.306. The van der Waals surface area contributed by atoms with Gasteiger partial charge in [-0.2, -0.15) is 0 Å². The fraction of sp³-hybridized carbons (Fsp3) is 0.333. The van der Waals surface area contributed by atoms with E-state index in [0.717, 1.165) is 25.1 Å². The molecule has 1 aliphatic carbocycles. The Kier molecular flexibility index (Phi) is 5.05. The average molecular weight is 472 g/mol. The number of benzene rings is 2. The number of hydrogen-bond acceptors (Lipinski definition) is 5. The Morgan fingerprint density at radius 1 is 0.943 bits per heavy atom. The molecule has 2 amide bonds. The molecule has 6 rings (SSSR count). The van der Waals surface area contributed by atoms with E-state index < -0.39 is 0 Å². The summed E-state index contributed by atoms with van der Waals surface area (Å²) in [5.74, 6) is 0.263. The number of rotatable bonds is 3. The third kappa shape index (κ3) is 3.73. The van der Waals surface area contributed by atoms with Gasteiger partial charge in [0, 0.05) is 79.8 Å². The van der Waals surface area contributed by atoms with Gasteiger partial charge in [0.15, 0.2) is 0 Å². The molecule has 2 aliphatic heterocycles. The summed E-state index contributed by atoms with van der Waals surface area (Å²) in [4.78, 5) is 39.7. The number of carbonyl (C=O) groups excluding carboxylic acids is 2. The fourth-order valence-corrected chi connectivity index (χ4v) is 5.27. The van der Waals surface area contributed by atoms with Crippen LogP contribution in [-0.2, 0) is 10.2 Å². The van der Waals surface area contributed by atoms with Gasteiger partial charge < -0.3 is 14.7 Å². The predicted molar refractivity (Wildman–Crippen MR) is 130 cm³/mol. The summed E-state index contributed by atoms with van der Waals surface area (Å²) in [5, 5.41) is 0. The molecular weight excluding hydrogens is 445 g/mol. The molecule has 7 nitrogen and oxygen atoms in total. The van der Waals surface area contributed by atoms with Crippen LogP contribution in [0.25, 0.3) is 11.1 Å². The van der Waals surface area contributed by atoms with Gasteiger partial charge in [-0.3, -0.25) is 9.59 Å². The molecule has 3 aromatic rings. The summed E-state index contributed by atoms with van der Waals surface area (Å²) < 4.78 is 14.2. The number of piperazine rings is 1. The number of anilines is 2. The van der Waals surface area contributed by atoms with Crippen molar-refractivity contribution in [3.8, 4) is 11.1 Å². The molecule has 0 unspecified atom stereocenters. The Bertz CT molecular complexity index is 1310. The van der Waals surface area contributed by atoms with Gasteiger partial charge in [0.25, 0.3) is 5.91 Å². The van der Waals surface area contributed by atoms with Gasteiger partial charge in [0.2, 0.25) is 11.9 Å². The van der Waals surface area contributed by atoms with Crippen LogP contribution in [0.5, 0.6) is 0 Å². The first kappa shape index (κ1) is 21.7. The van der Waals surface area contributed by atoms with Crippen molar-refractivity contribution in [2.24, 2.45) is 0 Å². The Balaban J connectivity index is 1.28. The van der Waals surface area contributed by atoms with Crippen LogP contribution in [0.15, 0.2) is 54.9 Å². The number of hydrogen-bond donors (Lipinski definition) is 0. The molecule has 178 valence electrons. The SMILES string of the molecule is CC(=O)N1CCN(C(=O)c2ccc3c(c2)N(c2ncc(-c4ccccc4F)cn2)CC32CC2)CC1. The Labute approximate surface area is 203 Å². The van der Waals surface area contributed by atoms with Crippen LogP contribution in [0.1, 0.15) is 35.7 Å². The first-order valence-corrected chi connectivity index (χ1v) is 12.0. The second kappa shape index (κ2) is 8.15. The third-order valence-electron chi connectivity index (χ3n) is 7.50. The Morgan fingerprint density at radius 3 is 2.29 bits per heavy atom. The van der Waals surface area contributed by atoms with E-state index in [-0.39, 0.29) is 23.0 Å². The summed E-state index contributed by atoms with van der Waals surface area (Å²) in [5.41, 5.74) is 4.02. The third-order valence-corrected chi connectivity index (χ3v) is 7.50. The largest absolute Gasteiger partial charge is 0.339 e. The van der Waals surface area contributed by atoms with Crippen molar-refractivity contribution in [3.05, 3.63) is 71.8 Å². The van der Waals surface area contributed by atoms with Crippen LogP contribution in [0, 0.1) is 5.82 Å². The molecule has 35 heavy (non-hydrogen) atoms. The van der Waals surface area contributed by atoms with Gasteiger partial charge in [-0.1, -0.05) is 24.3 Å². The van der Waals surface area contributed by atoms with Crippen molar-refractivity contribution >= 4 is 23.5 Å². The molecule has 8 heteroatoms. The van der Waals surface area contributed by atoms with Crippen LogP contribution in [0.4, 0.5) is 16.0 Å². The van der Waals surface area contributed by atoms with Crippen molar-refractivity contribution in [1.82, 2.24) is 19.8 Å². The molecule has 1 spiro atoms. The summed E-state index contributed by atoms with van der Waals surface area (Å²) in [6, 6.07) is 12.5. The van der Waals surface area contributed by atoms with E-state index >= 15 is 0 Å². The lowest BCUT2D eigenvalue weighted by Gasteiger charge is -2.34. The molecule has 1 saturated heterocycles. The van der Waals surface area contributed by atoms with Crippen LogP contribution in [0.2, 0.25) is 0 Å². The highest BCUT2D eigenvalue weighted by atomic mass is 19.1. The summed E-state index contributed by atoms with van der Waals surface area (Å²) in [6.45, 7) is 4.52. The molecule has 0 bridgehead atoms. The van der Waals surface area contributed by atoms with Gasteiger partial charge >= 0.3 is 0 Å². The lowest BCUT2D eigenvalue weighted by atomic mass is 9.97. The van der Waals surface area contributed by atoms with Gasteiger partial charge in [0.1, 0.15) is 5.82 Å². The second-order valence-electron chi connectivity index (χ2n) is 9.65. The van der Waals surface area contributed by atoms with Crippen molar-refractivity contribution in [2.75, 3.05) is 37.6 Å². The van der Waals surface area contributed by atoms with E-state index in [2.05, 4.69) is 20.9 Å². The molecule has 2 fully saturated rings. The summed E-state index contributed by atoms with van der Waals surface area (Å²) in [7, 11) is 0. The second-order valence-corrected chi connectivity index (χ2v) is 9.65. The zero-order valence-electron chi connectivity index (χ0n) is 19.6. The van der Waals surface area contributed by atoms with Crippen LogP contribution < -0.4 is 4.90 Å². The minimum absolute atomic E-state index is 0.0245. The summed E-state index contributed by atoms with van der Waals surface area (Å²) >= 11 is 0. The normalized spacial score (nSPS) is 18.1. The summed E-state index contributed by atoms with van der Waals surface area (Å²) in [6.07, 6.45) is 5.51. The molecule has 2 aromatic carbocycles. The van der Waals surface area contributed by atoms with E-state index in [1.165, 1.54) is 11.6 Å². The molecular formula is C27H26FN5O2. The Morgan fingerprint density at radius 2 is 1.63 bits per heavy atom. The van der Waals surface area contributed by atoms with Crippen molar-refractivity contribution in [1.29, 1.82) is 0 Å². The molecule has 0 N–H and O–H groups in total. The maximum absolute atomic E-state index is 14.2. The maximum Gasteiger partial charge on any atom is 0.254 e. The zero-order chi connectivity index (χ0) is 24.2. The van der Waals surface area contributed by atoms with Crippen LogP contribution in [0.3, 0.4) is 0 Å². The van der Waals surface area contributed by atoms with E-state index in [4.69, 9.17) is 0 Å². The maximum atomic E-state index is 14.2. The number of aromatic nitrogens is 2. The standard InChI is InChI=1S/C27H26FN5O2/c1-18(34)31-10-12-32(13-11-31)25(35)19-6-7-22-24(14-19)33(17-27(22)8-9-27)26-29-15-20(16-30-26)21-4-2-3-5-23(21)28/h2-7,14-16H,8-13,17H2,1H3. The van der Waals surface area contributed by atoms with Gasteiger partial charge in [-0.05, 0) is 36.6 Å². The monoisotopic (exact) mass is 471 g/mol. The highest BCUT2D eigenvalue weighted by Gasteiger charge is 2.52. The smallest absolute Gasteiger partial charge is 0.254 e. The van der Waals surface area contributed by atoms with Crippen molar-refractivity contribution < 1.29 is 14.0 Å². The first-order chi connectivity index (χ1) is 16.9. The predicted octanol–water partition coefficient (Wildman–Crippen LogP) is 3.77. The Hall–Kier alpha value is -3.81. The van der Waals surface area contributed by atoms with E-state index in [9.17, 15) is 14.0 Å². The quantitative estimate of drug-likeness (QED) is 0.582. The van der Waals surface area contributed by atoms with Crippen molar-refractivity contribution in [2.45, 2.75) is 25.2 Å². The minimum Gasteiger partial charge on any atom is -0.339 e. The van der Waals surface area contributed by atoms with E-state index in [1.54, 1.807) is 42.4 Å². The molecule has 1 aromatic heterocycles. The van der Waals surface area contributed by atoms with Crippen LogP contribution in [-0.4, -0.2) is 64.3 Å². The highest BCUT2D eigenvalue weighted by Crippen LogP contribution is 2.57. The number of fused-ring (bicyclic) bond motifs is 2. The number of carbonyl (C=O) groups is 2. The number of nitrogens with zero attached hydrogens (tertiary/aromatic N) is 5. The molecule has 0 atom stereocenters. The van der Waals surface area contributed by atoms with Gasteiger partial charge in [-0.15, -0.1) is 0 Å².